The molecule has 4 nitrogen and oxygen atoms in total. The van der Waals surface area contributed by atoms with Crippen molar-refractivity contribution in [3.63, 3.8) is 0 Å². The average Bonchev–Trinajstić information content (AvgIpc) is 3.40. The third-order valence-corrected chi connectivity index (χ3v) is 6.48. The van der Waals surface area contributed by atoms with Crippen LogP contribution in [0.4, 0.5) is 0 Å². The van der Waals surface area contributed by atoms with E-state index in [2.05, 4.69) is 0 Å². The number of hydrogen-bond donors (Lipinski definition) is 0. The predicted octanol–water partition coefficient (Wildman–Crippen LogP) is 5.01. The van der Waals surface area contributed by atoms with Crippen molar-refractivity contribution in [1.82, 2.24) is 0 Å². The van der Waals surface area contributed by atoms with Gasteiger partial charge < -0.3 is 4.74 Å². The van der Waals surface area contributed by atoms with E-state index in [1.165, 1.54) is 0 Å². The summed E-state index contributed by atoms with van der Waals surface area (Å²) < 4.78 is 6.08. The second-order valence-corrected chi connectivity index (χ2v) is 7.97. The summed E-state index contributed by atoms with van der Waals surface area (Å²) in [6.45, 7) is 0. The third-order valence-electron chi connectivity index (χ3n) is 6.48. The van der Waals surface area contributed by atoms with E-state index in [1.54, 1.807) is 12.1 Å². The Morgan fingerprint density at radius 2 is 1.64 bits per heavy atom. The van der Waals surface area contributed by atoms with Crippen LogP contribution in [-0.2, 0) is 4.74 Å². The molecule has 2 saturated carbocycles. The normalized spacial score (nSPS) is 23.5. The molecule has 4 heteroatoms. The molecule has 0 aliphatic heterocycles. The van der Waals surface area contributed by atoms with Gasteiger partial charge in [0.2, 0.25) is 0 Å². The number of rotatable bonds is 2. The van der Waals surface area contributed by atoms with Crippen LogP contribution in [0.3, 0.4) is 0 Å². The lowest BCUT2D eigenvalue weighted by Gasteiger charge is -2.27. The first-order valence-corrected chi connectivity index (χ1v) is 9.67. The van der Waals surface area contributed by atoms with Gasteiger partial charge in [0.1, 0.15) is 23.3 Å². The highest BCUT2D eigenvalue weighted by Crippen LogP contribution is 2.51. The van der Waals surface area contributed by atoms with Crippen molar-refractivity contribution in [2.24, 2.45) is 5.92 Å². The molecule has 0 aromatic heterocycles. The van der Waals surface area contributed by atoms with Crippen molar-refractivity contribution in [3.05, 3.63) is 64.7 Å². The van der Waals surface area contributed by atoms with Gasteiger partial charge in [0.05, 0.1) is 5.56 Å². The van der Waals surface area contributed by atoms with Crippen LogP contribution >= 0.6 is 0 Å². The summed E-state index contributed by atoms with van der Waals surface area (Å²) in [5.74, 6) is 0.393. The van der Waals surface area contributed by atoms with Crippen LogP contribution in [0.5, 0.6) is 0 Å². The molecule has 3 aliphatic rings. The van der Waals surface area contributed by atoms with Gasteiger partial charge in [-0.3, -0.25) is 0 Å². The maximum atomic E-state index is 13.2. The summed E-state index contributed by atoms with van der Waals surface area (Å²) in [6.07, 6.45) is 5.16. The second-order valence-electron chi connectivity index (χ2n) is 7.97. The van der Waals surface area contributed by atoms with E-state index >= 15 is 0 Å². The lowest BCUT2D eigenvalue weighted by molar-refractivity contribution is -0.0130. The highest BCUT2D eigenvalue weighted by atomic mass is 16.6. The number of hydrogen-bond acceptors (Lipinski definition) is 4. The smallest absolute Gasteiger partial charge is 0.339 e. The Hall–Kier alpha value is -3.37. The molecule has 3 aliphatic carbocycles. The fourth-order valence-electron chi connectivity index (χ4n) is 5.22. The van der Waals surface area contributed by atoms with Gasteiger partial charge in [-0.1, -0.05) is 36.4 Å². The van der Waals surface area contributed by atoms with E-state index in [9.17, 15) is 15.3 Å². The minimum Gasteiger partial charge on any atom is -0.455 e. The average molecular weight is 366 g/mol. The molecule has 136 valence electrons. The Balaban J connectivity index is 1.65. The first-order valence-electron chi connectivity index (χ1n) is 9.67. The minimum absolute atomic E-state index is 0.0599. The fraction of sp³-hybridized carbons (Fsp3) is 0.292. The molecule has 0 unspecified atom stereocenters. The van der Waals surface area contributed by atoms with Crippen LogP contribution in [-0.4, -0.2) is 11.6 Å². The van der Waals surface area contributed by atoms with Gasteiger partial charge in [-0.25, -0.2) is 4.79 Å². The van der Waals surface area contributed by atoms with Crippen LogP contribution in [0.25, 0.3) is 16.7 Å². The number of carbonyl (C=O) groups is 1. The molecule has 0 amide bonds. The third kappa shape index (κ3) is 2.31. The van der Waals surface area contributed by atoms with Gasteiger partial charge in [0.15, 0.2) is 0 Å². The number of carbonyl (C=O) groups excluding carboxylic acids is 1. The van der Waals surface area contributed by atoms with Crippen molar-refractivity contribution in [2.75, 3.05) is 0 Å². The zero-order chi connectivity index (χ0) is 19.3. The molecular formula is C24H18N2O2. The Bertz CT molecular complexity index is 1110. The van der Waals surface area contributed by atoms with Gasteiger partial charge in [-0.2, -0.15) is 10.5 Å². The largest absolute Gasteiger partial charge is 0.455 e. The number of fused-ring (bicyclic) bond motifs is 5. The molecule has 0 heterocycles. The summed E-state index contributed by atoms with van der Waals surface area (Å²) >= 11 is 0. The molecule has 5 rings (SSSR count). The van der Waals surface area contributed by atoms with Gasteiger partial charge in [-0.15, -0.1) is 0 Å². The second kappa shape index (κ2) is 6.08. The maximum Gasteiger partial charge on any atom is 0.339 e. The van der Waals surface area contributed by atoms with E-state index in [0.29, 0.717) is 17.1 Å². The zero-order valence-corrected chi connectivity index (χ0v) is 15.4. The summed E-state index contributed by atoms with van der Waals surface area (Å²) in [7, 11) is 0. The highest BCUT2D eigenvalue weighted by Gasteiger charge is 2.48. The SMILES string of the molecule is N#CC(C#N)=C1c2ccccc2-c2c(C(=O)OC34CCC(CC3)C4)cccc21. The lowest BCUT2D eigenvalue weighted by Crippen LogP contribution is -2.30. The van der Waals surface area contributed by atoms with Gasteiger partial charge in [-0.05, 0) is 60.8 Å². The number of benzene rings is 2. The molecule has 2 aromatic carbocycles. The van der Waals surface area contributed by atoms with Gasteiger partial charge in [0, 0.05) is 11.1 Å². The molecule has 0 atom stereocenters. The van der Waals surface area contributed by atoms with Crippen LogP contribution in [0.1, 0.15) is 53.6 Å². The monoisotopic (exact) mass is 366 g/mol. The van der Waals surface area contributed by atoms with Crippen LogP contribution < -0.4 is 0 Å². The van der Waals surface area contributed by atoms with Crippen molar-refractivity contribution < 1.29 is 9.53 Å². The molecule has 2 bridgehead atoms. The highest BCUT2D eigenvalue weighted by molar-refractivity contribution is 6.10. The van der Waals surface area contributed by atoms with E-state index < -0.39 is 0 Å². The van der Waals surface area contributed by atoms with Crippen molar-refractivity contribution in [2.45, 2.75) is 37.7 Å². The molecule has 0 radical (unpaired) electrons. The van der Waals surface area contributed by atoms with Crippen molar-refractivity contribution in [3.8, 4) is 23.3 Å². The Morgan fingerprint density at radius 1 is 0.964 bits per heavy atom. The summed E-state index contributed by atoms with van der Waals surface area (Å²) in [5.41, 5.74) is 4.08. The number of nitrogens with zero attached hydrogens (tertiary/aromatic N) is 2. The number of nitriles is 2. The van der Waals surface area contributed by atoms with Crippen molar-refractivity contribution in [1.29, 1.82) is 10.5 Å². The van der Waals surface area contributed by atoms with E-state index in [0.717, 1.165) is 54.4 Å². The first-order chi connectivity index (χ1) is 13.7. The van der Waals surface area contributed by atoms with Crippen LogP contribution in [0, 0.1) is 28.6 Å². The Morgan fingerprint density at radius 3 is 2.29 bits per heavy atom. The molecule has 2 fully saturated rings. The Kier molecular flexibility index (Phi) is 3.64. The van der Waals surface area contributed by atoms with E-state index in [1.807, 2.05) is 42.5 Å². The molecule has 0 spiro atoms. The van der Waals surface area contributed by atoms with E-state index in [-0.39, 0.29) is 17.1 Å². The van der Waals surface area contributed by atoms with Crippen LogP contribution in [0.2, 0.25) is 0 Å². The predicted molar refractivity (Wildman–Crippen MR) is 104 cm³/mol. The molecule has 0 N–H and O–H groups in total. The summed E-state index contributed by atoms with van der Waals surface area (Å²) in [5, 5.41) is 18.9. The fourth-order valence-corrected chi connectivity index (χ4v) is 5.22. The number of allylic oxidation sites excluding steroid dienone is 1. The minimum atomic E-state index is -0.300. The topological polar surface area (TPSA) is 73.9 Å². The van der Waals surface area contributed by atoms with Gasteiger partial charge in [0.25, 0.3) is 0 Å². The molecule has 28 heavy (non-hydrogen) atoms. The quantitative estimate of drug-likeness (QED) is 0.472. The van der Waals surface area contributed by atoms with Crippen molar-refractivity contribution >= 4 is 11.5 Å². The summed E-state index contributed by atoms with van der Waals surface area (Å²) in [4.78, 5) is 13.2. The lowest BCUT2D eigenvalue weighted by atomic mass is 9.95. The zero-order valence-electron chi connectivity index (χ0n) is 15.4. The standard InChI is InChI=1S/C24H18N2O2/c25-13-16(14-26)21-17-4-1-2-5-18(17)22-19(21)6-3-7-20(22)23(27)28-24-10-8-15(12-24)9-11-24/h1-7,15H,8-12H2. The number of esters is 1. The molecular weight excluding hydrogens is 348 g/mol. The van der Waals surface area contributed by atoms with Crippen LogP contribution in [0.15, 0.2) is 48.0 Å². The number of ether oxygens (including phenoxy) is 1. The Labute approximate surface area is 163 Å². The maximum absolute atomic E-state index is 13.2. The summed E-state index contributed by atoms with van der Waals surface area (Å²) in [6, 6.07) is 17.1. The van der Waals surface area contributed by atoms with E-state index in [4.69, 9.17) is 4.74 Å². The first kappa shape index (κ1) is 16.8. The molecule has 2 aromatic rings. The van der Waals surface area contributed by atoms with Gasteiger partial charge >= 0.3 is 5.97 Å². The molecule has 0 saturated heterocycles.